The summed E-state index contributed by atoms with van der Waals surface area (Å²) in [4.78, 5) is 7.79. The number of rotatable bonds is 4. The van der Waals surface area contributed by atoms with Crippen molar-refractivity contribution in [3.63, 3.8) is 0 Å². The third-order valence-electron chi connectivity index (χ3n) is 3.29. The van der Waals surface area contributed by atoms with E-state index in [9.17, 15) is 0 Å². The number of nitrogens with one attached hydrogen (secondary N) is 1. The van der Waals surface area contributed by atoms with Crippen molar-refractivity contribution in [2.24, 2.45) is 0 Å². The van der Waals surface area contributed by atoms with Crippen LogP contribution in [-0.2, 0) is 13.0 Å². The zero-order valence-corrected chi connectivity index (χ0v) is 11.4. The fourth-order valence-corrected chi connectivity index (χ4v) is 2.16. The molecule has 3 rings (SSSR count). The molecular weight excluding hydrogens is 250 g/mol. The number of fused-ring (bicyclic) bond motifs is 1. The van der Waals surface area contributed by atoms with E-state index in [0.717, 1.165) is 23.3 Å². The molecule has 0 bridgehead atoms. The van der Waals surface area contributed by atoms with E-state index in [4.69, 9.17) is 10.5 Å². The van der Waals surface area contributed by atoms with Gasteiger partial charge in [0.2, 0.25) is 0 Å². The third kappa shape index (κ3) is 2.45. The van der Waals surface area contributed by atoms with Gasteiger partial charge in [0.1, 0.15) is 18.2 Å². The molecule has 3 aromatic rings. The largest absolute Gasteiger partial charge is 0.484 e. The molecule has 102 valence electrons. The van der Waals surface area contributed by atoms with E-state index < -0.39 is 0 Å². The molecule has 1 aromatic heterocycles. The molecule has 0 aliphatic heterocycles. The zero-order valence-electron chi connectivity index (χ0n) is 11.4. The number of anilines is 1. The average Bonchev–Trinajstić information content (AvgIpc) is 2.88. The second-order valence-corrected chi connectivity index (χ2v) is 4.72. The van der Waals surface area contributed by atoms with Gasteiger partial charge < -0.3 is 15.5 Å². The number of nitrogens with zero attached hydrogens (tertiary/aromatic N) is 1. The fraction of sp³-hybridized carbons (Fsp3) is 0.188. The Kier molecular flexibility index (Phi) is 3.29. The molecule has 0 spiro atoms. The van der Waals surface area contributed by atoms with E-state index in [0.29, 0.717) is 18.0 Å². The minimum Gasteiger partial charge on any atom is -0.484 e. The van der Waals surface area contributed by atoms with Gasteiger partial charge in [0.05, 0.1) is 16.7 Å². The summed E-state index contributed by atoms with van der Waals surface area (Å²) in [5.74, 6) is 1.48. The number of hydrogen-bond donors (Lipinski definition) is 2. The first-order valence-corrected chi connectivity index (χ1v) is 6.71. The third-order valence-corrected chi connectivity index (χ3v) is 3.29. The molecule has 20 heavy (non-hydrogen) atoms. The van der Waals surface area contributed by atoms with E-state index in [1.165, 1.54) is 5.56 Å². The zero-order chi connectivity index (χ0) is 13.9. The minimum absolute atomic E-state index is 0.379. The van der Waals surface area contributed by atoms with Gasteiger partial charge in [-0.2, -0.15) is 0 Å². The highest BCUT2D eigenvalue weighted by molar-refractivity contribution is 5.75. The number of nitrogens with two attached hydrogens (primary N) is 1. The molecule has 0 atom stereocenters. The highest BCUT2D eigenvalue weighted by Gasteiger charge is 2.05. The van der Waals surface area contributed by atoms with Gasteiger partial charge in [-0.3, -0.25) is 0 Å². The topological polar surface area (TPSA) is 63.9 Å². The van der Waals surface area contributed by atoms with Crippen LogP contribution in [0.5, 0.6) is 5.75 Å². The Bertz CT molecular complexity index is 733. The molecule has 0 unspecified atom stereocenters. The molecule has 4 heteroatoms. The summed E-state index contributed by atoms with van der Waals surface area (Å²) in [6, 6.07) is 13.7. The maximum Gasteiger partial charge on any atom is 0.146 e. The maximum atomic E-state index is 5.84. The number of para-hydroxylation sites is 2. The van der Waals surface area contributed by atoms with Crippen LogP contribution in [-0.4, -0.2) is 9.97 Å². The molecule has 0 saturated heterocycles. The van der Waals surface area contributed by atoms with Crippen molar-refractivity contribution < 1.29 is 4.74 Å². The minimum atomic E-state index is 0.379. The van der Waals surface area contributed by atoms with Gasteiger partial charge in [-0.05, 0) is 36.2 Å². The second kappa shape index (κ2) is 5.25. The summed E-state index contributed by atoms with van der Waals surface area (Å²) in [5.41, 5.74) is 9.78. The molecule has 1 heterocycles. The number of nitrogen functional groups attached to an aromatic ring is 1. The van der Waals surface area contributed by atoms with E-state index in [-0.39, 0.29) is 0 Å². The second-order valence-electron chi connectivity index (χ2n) is 4.72. The van der Waals surface area contributed by atoms with Gasteiger partial charge in [0.15, 0.2) is 0 Å². The van der Waals surface area contributed by atoms with Gasteiger partial charge in [-0.25, -0.2) is 4.98 Å². The van der Waals surface area contributed by atoms with Crippen LogP contribution in [0.4, 0.5) is 5.69 Å². The van der Waals surface area contributed by atoms with Crippen LogP contribution in [0.2, 0.25) is 0 Å². The van der Waals surface area contributed by atoms with Crippen LogP contribution in [0.25, 0.3) is 11.0 Å². The number of ether oxygens (including phenoxy) is 1. The highest BCUT2D eigenvalue weighted by Crippen LogP contribution is 2.21. The normalized spacial score (nSPS) is 10.8. The highest BCUT2D eigenvalue weighted by atomic mass is 16.5. The summed E-state index contributed by atoms with van der Waals surface area (Å²) in [6.07, 6.45) is 1.02. The fourth-order valence-electron chi connectivity index (χ4n) is 2.16. The molecule has 0 aliphatic rings. The van der Waals surface area contributed by atoms with Crippen molar-refractivity contribution in [3.05, 3.63) is 53.9 Å². The van der Waals surface area contributed by atoms with E-state index in [1.807, 2.05) is 30.3 Å². The smallest absolute Gasteiger partial charge is 0.146 e. The van der Waals surface area contributed by atoms with E-state index >= 15 is 0 Å². The average molecular weight is 267 g/mol. The van der Waals surface area contributed by atoms with E-state index in [2.05, 4.69) is 29.0 Å². The lowest BCUT2D eigenvalue weighted by atomic mass is 10.1. The van der Waals surface area contributed by atoms with Crippen molar-refractivity contribution in [2.45, 2.75) is 20.0 Å². The predicted octanol–water partition coefficient (Wildman–Crippen LogP) is 3.29. The van der Waals surface area contributed by atoms with Crippen molar-refractivity contribution in [3.8, 4) is 5.75 Å². The Balaban J connectivity index is 1.79. The van der Waals surface area contributed by atoms with Gasteiger partial charge in [0.25, 0.3) is 0 Å². The standard InChI is InChI=1S/C16H17N3O/c1-2-11-7-8-13-14(9-11)19-16(18-13)10-20-15-6-4-3-5-12(15)17/h3-9H,2,10,17H2,1H3,(H,18,19). The molecular formula is C16H17N3O. The Labute approximate surface area is 117 Å². The van der Waals surface area contributed by atoms with Gasteiger partial charge in [0, 0.05) is 0 Å². The molecule has 0 fully saturated rings. The van der Waals surface area contributed by atoms with Gasteiger partial charge in [-0.1, -0.05) is 25.1 Å². The van der Waals surface area contributed by atoms with Crippen LogP contribution in [0, 0.1) is 0 Å². The summed E-state index contributed by atoms with van der Waals surface area (Å²) in [7, 11) is 0. The van der Waals surface area contributed by atoms with Crippen LogP contribution in [0.3, 0.4) is 0 Å². The van der Waals surface area contributed by atoms with Crippen LogP contribution >= 0.6 is 0 Å². The molecule has 2 aromatic carbocycles. The molecule has 0 saturated carbocycles. The summed E-state index contributed by atoms with van der Waals surface area (Å²) in [5, 5.41) is 0. The number of H-pyrrole nitrogens is 1. The number of aryl methyl sites for hydroxylation is 1. The lowest BCUT2D eigenvalue weighted by molar-refractivity contribution is 0.299. The lowest BCUT2D eigenvalue weighted by Gasteiger charge is -2.06. The number of aromatic nitrogens is 2. The molecule has 3 N–H and O–H groups in total. The van der Waals surface area contributed by atoms with Crippen LogP contribution in [0.15, 0.2) is 42.5 Å². The van der Waals surface area contributed by atoms with Crippen molar-refractivity contribution in [1.82, 2.24) is 9.97 Å². The van der Waals surface area contributed by atoms with Crippen LogP contribution in [0.1, 0.15) is 18.3 Å². The lowest BCUT2D eigenvalue weighted by Crippen LogP contribution is -1.99. The first kappa shape index (κ1) is 12.5. The van der Waals surface area contributed by atoms with Crippen molar-refractivity contribution in [1.29, 1.82) is 0 Å². The number of imidazole rings is 1. The first-order valence-electron chi connectivity index (χ1n) is 6.71. The first-order chi connectivity index (χ1) is 9.76. The Hall–Kier alpha value is -2.49. The predicted molar refractivity (Wildman–Crippen MR) is 80.7 cm³/mol. The summed E-state index contributed by atoms with van der Waals surface area (Å²) >= 11 is 0. The van der Waals surface area contributed by atoms with Gasteiger partial charge in [-0.15, -0.1) is 0 Å². The number of benzene rings is 2. The Morgan fingerprint density at radius 2 is 2.05 bits per heavy atom. The van der Waals surface area contributed by atoms with Crippen molar-refractivity contribution in [2.75, 3.05) is 5.73 Å². The molecule has 4 nitrogen and oxygen atoms in total. The summed E-state index contributed by atoms with van der Waals surface area (Å²) in [6.45, 7) is 2.52. The number of hydrogen-bond acceptors (Lipinski definition) is 3. The summed E-state index contributed by atoms with van der Waals surface area (Å²) < 4.78 is 5.69. The maximum absolute atomic E-state index is 5.84. The van der Waals surface area contributed by atoms with Gasteiger partial charge >= 0.3 is 0 Å². The van der Waals surface area contributed by atoms with E-state index in [1.54, 1.807) is 0 Å². The SMILES string of the molecule is CCc1ccc2nc(COc3ccccc3N)[nH]c2c1. The molecule has 0 aliphatic carbocycles. The van der Waals surface area contributed by atoms with Crippen LogP contribution < -0.4 is 10.5 Å². The molecule has 0 amide bonds. The quantitative estimate of drug-likeness (QED) is 0.713. The monoisotopic (exact) mass is 267 g/mol. The van der Waals surface area contributed by atoms with Crippen molar-refractivity contribution >= 4 is 16.7 Å². The Morgan fingerprint density at radius 3 is 2.85 bits per heavy atom. The number of aromatic amines is 1. The Morgan fingerprint density at radius 1 is 1.20 bits per heavy atom. The molecule has 0 radical (unpaired) electrons.